The highest BCUT2D eigenvalue weighted by molar-refractivity contribution is 7.99. The van der Waals surface area contributed by atoms with Gasteiger partial charge in [-0.15, -0.1) is 0 Å². The normalized spacial score (nSPS) is 16.7. The summed E-state index contributed by atoms with van der Waals surface area (Å²) < 4.78 is 0. The number of amidine groups is 1. The fourth-order valence-corrected chi connectivity index (χ4v) is 3.61. The first kappa shape index (κ1) is 15.7. The predicted molar refractivity (Wildman–Crippen MR) is 87.0 cm³/mol. The second kappa shape index (κ2) is 7.36. The first-order valence-electron chi connectivity index (χ1n) is 7.04. The van der Waals surface area contributed by atoms with Crippen LogP contribution in [0.1, 0.15) is 24.8 Å². The van der Waals surface area contributed by atoms with Gasteiger partial charge in [0.05, 0.1) is 0 Å². The molecule has 21 heavy (non-hydrogen) atoms. The third-order valence-electron chi connectivity index (χ3n) is 3.82. The number of hydrogen-bond donors (Lipinski definition) is 2. The van der Waals surface area contributed by atoms with Crippen molar-refractivity contribution in [3.05, 3.63) is 29.8 Å². The van der Waals surface area contributed by atoms with Crippen molar-refractivity contribution < 1.29 is 10.0 Å². The zero-order valence-corrected chi connectivity index (χ0v) is 13.0. The minimum atomic E-state index is 0.0435. The van der Waals surface area contributed by atoms with Gasteiger partial charge in [-0.3, -0.25) is 4.79 Å². The SMILES string of the molecule is CN(C(=O)CC1CCSCC1)c1cccc(/C(N)=N/O)c1. The average molecular weight is 307 g/mol. The van der Waals surface area contributed by atoms with Crippen LogP contribution in [0.25, 0.3) is 0 Å². The van der Waals surface area contributed by atoms with Gasteiger partial charge in [-0.05, 0) is 42.4 Å². The van der Waals surface area contributed by atoms with Gasteiger partial charge >= 0.3 is 0 Å². The Balaban J connectivity index is 2.04. The predicted octanol–water partition coefficient (Wildman–Crippen LogP) is 2.28. The minimum Gasteiger partial charge on any atom is -0.409 e. The van der Waals surface area contributed by atoms with E-state index in [4.69, 9.17) is 10.9 Å². The fraction of sp³-hybridized carbons (Fsp3) is 0.467. The molecule has 0 spiro atoms. The van der Waals surface area contributed by atoms with Crippen LogP contribution in [-0.4, -0.2) is 35.5 Å². The molecule has 1 aliphatic rings. The highest BCUT2D eigenvalue weighted by Gasteiger charge is 2.20. The zero-order chi connectivity index (χ0) is 15.2. The lowest BCUT2D eigenvalue weighted by atomic mass is 9.98. The number of carbonyl (C=O) groups is 1. The van der Waals surface area contributed by atoms with Gasteiger partial charge in [0, 0.05) is 24.7 Å². The molecule has 114 valence electrons. The molecule has 1 heterocycles. The molecule has 1 amide bonds. The Morgan fingerprint density at radius 2 is 2.19 bits per heavy atom. The summed E-state index contributed by atoms with van der Waals surface area (Å²) in [6.07, 6.45) is 2.83. The number of rotatable bonds is 4. The van der Waals surface area contributed by atoms with E-state index in [0.717, 1.165) is 30.0 Å². The summed E-state index contributed by atoms with van der Waals surface area (Å²) in [5.74, 6) is 2.96. The number of amides is 1. The molecule has 0 aromatic heterocycles. The van der Waals surface area contributed by atoms with Crippen LogP contribution < -0.4 is 10.6 Å². The van der Waals surface area contributed by atoms with Crippen LogP contribution >= 0.6 is 11.8 Å². The monoisotopic (exact) mass is 307 g/mol. The summed E-state index contributed by atoms with van der Waals surface area (Å²) in [4.78, 5) is 14.0. The number of carbonyl (C=O) groups excluding carboxylic acids is 1. The van der Waals surface area contributed by atoms with Crippen LogP contribution in [0, 0.1) is 5.92 Å². The van der Waals surface area contributed by atoms with Crippen molar-refractivity contribution in [3.63, 3.8) is 0 Å². The lowest BCUT2D eigenvalue weighted by Crippen LogP contribution is -2.29. The number of hydrogen-bond acceptors (Lipinski definition) is 4. The van der Waals surface area contributed by atoms with Gasteiger partial charge < -0.3 is 15.8 Å². The van der Waals surface area contributed by atoms with E-state index in [9.17, 15) is 4.79 Å². The number of thioether (sulfide) groups is 1. The van der Waals surface area contributed by atoms with Crippen molar-refractivity contribution in [2.45, 2.75) is 19.3 Å². The van der Waals surface area contributed by atoms with E-state index < -0.39 is 0 Å². The Morgan fingerprint density at radius 3 is 2.86 bits per heavy atom. The lowest BCUT2D eigenvalue weighted by molar-refractivity contribution is -0.119. The van der Waals surface area contributed by atoms with Crippen molar-refractivity contribution in [1.82, 2.24) is 0 Å². The first-order valence-corrected chi connectivity index (χ1v) is 8.19. The molecule has 6 heteroatoms. The van der Waals surface area contributed by atoms with Crippen LogP contribution in [0.5, 0.6) is 0 Å². The Hall–Kier alpha value is -1.69. The average Bonchev–Trinajstić information content (AvgIpc) is 2.54. The summed E-state index contributed by atoms with van der Waals surface area (Å²) in [6.45, 7) is 0. The maximum atomic E-state index is 12.4. The standard InChI is InChI=1S/C15H21N3O2S/c1-18(14(19)9-11-5-7-21-8-6-11)13-4-2-3-12(10-13)15(16)17-20/h2-4,10-11,20H,5-9H2,1H3,(H2,16,17). The summed E-state index contributed by atoms with van der Waals surface area (Å²) in [5.41, 5.74) is 6.94. The summed E-state index contributed by atoms with van der Waals surface area (Å²) in [6, 6.07) is 7.14. The molecular weight excluding hydrogens is 286 g/mol. The Bertz CT molecular complexity index is 527. The summed E-state index contributed by atoms with van der Waals surface area (Å²) >= 11 is 1.96. The van der Waals surface area contributed by atoms with E-state index >= 15 is 0 Å². The second-order valence-electron chi connectivity index (χ2n) is 5.25. The van der Waals surface area contributed by atoms with Crippen LogP contribution in [0.3, 0.4) is 0 Å². The Kier molecular flexibility index (Phi) is 5.50. The number of nitrogens with zero attached hydrogens (tertiary/aromatic N) is 2. The molecule has 0 aliphatic carbocycles. The first-order chi connectivity index (χ1) is 10.1. The molecule has 5 nitrogen and oxygen atoms in total. The second-order valence-corrected chi connectivity index (χ2v) is 6.47. The quantitative estimate of drug-likeness (QED) is 0.387. The third kappa shape index (κ3) is 4.14. The smallest absolute Gasteiger partial charge is 0.226 e. The maximum Gasteiger partial charge on any atom is 0.226 e. The van der Waals surface area contributed by atoms with E-state index in [-0.39, 0.29) is 11.7 Å². The van der Waals surface area contributed by atoms with Crippen LogP contribution in [-0.2, 0) is 4.79 Å². The van der Waals surface area contributed by atoms with E-state index in [1.54, 1.807) is 30.1 Å². The lowest BCUT2D eigenvalue weighted by Gasteiger charge is -2.24. The van der Waals surface area contributed by atoms with Crippen molar-refractivity contribution in [3.8, 4) is 0 Å². The van der Waals surface area contributed by atoms with Crippen molar-refractivity contribution in [2.24, 2.45) is 16.8 Å². The number of anilines is 1. The molecule has 0 bridgehead atoms. The number of nitrogens with two attached hydrogens (primary N) is 1. The zero-order valence-electron chi connectivity index (χ0n) is 12.2. The van der Waals surface area contributed by atoms with E-state index in [2.05, 4.69) is 5.16 Å². The third-order valence-corrected chi connectivity index (χ3v) is 4.86. The molecule has 2 rings (SSSR count). The molecule has 3 N–H and O–H groups in total. The molecule has 1 saturated heterocycles. The van der Waals surface area contributed by atoms with Crippen molar-refractivity contribution in [1.29, 1.82) is 0 Å². The number of oxime groups is 1. The van der Waals surface area contributed by atoms with Crippen molar-refractivity contribution in [2.75, 3.05) is 23.5 Å². The summed E-state index contributed by atoms with van der Waals surface area (Å²) in [7, 11) is 1.77. The molecule has 1 aromatic rings. The maximum absolute atomic E-state index is 12.4. The van der Waals surface area contributed by atoms with Gasteiger partial charge in [-0.25, -0.2) is 0 Å². The van der Waals surface area contributed by atoms with Crippen molar-refractivity contribution >= 4 is 29.2 Å². The van der Waals surface area contributed by atoms with Gasteiger partial charge in [0.2, 0.25) is 5.91 Å². The van der Waals surface area contributed by atoms with Crippen LogP contribution in [0.4, 0.5) is 5.69 Å². The van der Waals surface area contributed by atoms with Crippen LogP contribution in [0.15, 0.2) is 29.4 Å². The molecule has 0 unspecified atom stereocenters. The van der Waals surface area contributed by atoms with Gasteiger partial charge in [0.15, 0.2) is 5.84 Å². The molecule has 1 aliphatic heterocycles. The van der Waals surface area contributed by atoms with E-state index in [1.165, 1.54) is 0 Å². The fourth-order valence-electron chi connectivity index (χ4n) is 2.41. The molecule has 1 fully saturated rings. The number of benzene rings is 1. The van der Waals surface area contributed by atoms with Gasteiger partial charge in [-0.2, -0.15) is 11.8 Å². The molecular formula is C15H21N3O2S. The molecule has 1 aromatic carbocycles. The van der Waals surface area contributed by atoms with Gasteiger partial charge in [-0.1, -0.05) is 17.3 Å². The summed E-state index contributed by atoms with van der Waals surface area (Å²) in [5, 5.41) is 11.7. The van der Waals surface area contributed by atoms with E-state index in [1.807, 2.05) is 17.8 Å². The largest absolute Gasteiger partial charge is 0.409 e. The minimum absolute atomic E-state index is 0.0435. The van der Waals surface area contributed by atoms with Gasteiger partial charge in [0.25, 0.3) is 0 Å². The molecule has 0 radical (unpaired) electrons. The highest BCUT2D eigenvalue weighted by atomic mass is 32.2. The molecule has 0 atom stereocenters. The Morgan fingerprint density at radius 1 is 1.48 bits per heavy atom. The molecule has 0 saturated carbocycles. The van der Waals surface area contributed by atoms with Crippen LogP contribution in [0.2, 0.25) is 0 Å². The van der Waals surface area contributed by atoms with E-state index in [0.29, 0.717) is 17.9 Å². The Labute approximate surface area is 129 Å². The highest BCUT2D eigenvalue weighted by Crippen LogP contribution is 2.26. The van der Waals surface area contributed by atoms with Gasteiger partial charge in [0.1, 0.15) is 0 Å². The topological polar surface area (TPSA) is 78.9 Å².